The first-order chi connectivity index (χ1) is 11.7. The quantitative estimate of drug-likeness (QED) is 0.872. The molecule has 0 saturated carbocycles. The standard InChI is InChI=1S/C19H23N3OS/c1-14(10-15-6-9-24-13-15)21-17-2-3-19(16(11-17)12-20)22-7-4-18(23)5-8-22/h2-3,6,9,11,13-14,18,21,23H,4-5,7-8,10H2,1H3. The normalized spacial score (nSPS) is 16.6. The van der Waals surface area contributed by atoms with E-state index < -0.39 is 0 Å². The Hall–Kier alpha value is -2.03. The highest BCUT2D eigenvalue weighted by Crippen LogP contribution is 2.27. The smallest absolute Gasteiger partial charge is 0.101 e. The monoisotopic (exact) mass is 341 g/mol. The van der Waals surface area contributed by atoms with Crippen LogP contribution in [0.5, 0.6) is 0 Å². The third-order valence-corrected chi connectivity index (χ3v) is 5.19. The van der Waals surface area contributed by atoms with Gasteiger partial charge in [0, 0.05) is 24.8 Å². The first kappa shape index (κ1) is 16.8. The molecule has 0 bridgehead atoms. The zero-order chi connectivity index (χ0) is 16.9. The van der Waals surface area contributed by atoms with Crippen LogP contribution in [0.3, 0.4) is 0 Å². The minimum Gasteiger partial charge on any atom is -0.393 e. The summed E-state index contributed by atoms with van der Waals surface area (Å²) >= 11 is 1.72. The number of anilines is 2. The number of piperidine rings is 1. The van der Waals surface area contributed by atoms with Crippen LogP contribution in [0.25, 0.3) is 0 Å². The average Bonchev–Trinajstić information content (AvgIpc) is 3.08. The first-order valence-electron chi connectivity index (χ1n) is 8.40. The summed E-state index contributed by atoms with van der Waals surface area (Å²) in [6, 6.07) is 10.8. The molecule has 2 N–H and O–H groups in total. The molecule has 1 atom stereocenters. The van der Waals surface area contributed by atoms with Crippen molar-refractivity contribution < 1.29 is 5.11 Å². The highest BCUT2D eigenvalue weighted by molar-refractivity contribution is 7.07. The van der Waals surface area contributed by atoms with Crippen molar-refractivity contribution in [2.75, 3.05) is 23.3 Å². The summed E-state index contributed by atoms with van der Waals surface area (Å²) in [5, 5.41) is 26.9. The average molecular weight is 341 g/mol. The van der Waals surface area contributed by atoms with Gasteiger partial charge in [-0.05, 0) is 66.8 Å². The van der Waals surface area contributed by atoms with Crippen LogP contribution in [-0.2, 0) is 6.42 Å². The third-order valence-electron chi connectivity index (χ3n) is 4.46. The first-order valence-corrected chi connectivity index (χ1v) is 9.35. The van der Waals surface area contributed by atoms with Gasteiger partial charge in [0.1, 0.15) is 6.07 Å². The van der Waals surface area contributed by atoms with Gasteiger partial charge < -0.3 is 15.3 Å². The number of aliphatic hydroxyl groups is 1. The summed E-state index contributed by atoms with van der Waals surface area (Å²) in [5.41, 5.74) is 3.98. The second-order valence-electron chi connectivity index (χ2n) is 6.44. The number of nitriles is 1. The van der Waals surface area contributed by atoms with Gasteiger partial charge >= 0.3 is 0 Å². The van der Waals surface area contributed by atoms with Crippen molar-refractivity contribution in [3.8, 4) is 6.07 Å². The fourth-order valence-electron chi connectivity index (χ4n) is 3.20. The molecule has 1 aromatic carbocycles. The van der Waals surface area contributed by atoms with E-state index in [-0.39, 0.29) is 6.10 Å². The predicted molar refractivity (Wildman–Crippen MR) is 99.7 cm³/mol. The number of nitrogens with zero attached hydrogens (tertiary/aromatic N) is 2. The van der Waals surface area contributed by atoms with Crippen LogP contribution in [0.15, 0.2) is 35.0 Å². The van der Waals surface area contributed by atoms with Gasteiger partial charge in [0.2, 0.25) is 0 Å². The van der Waals surface area contributed by atoms with Gasteiger partial charge in [0.25, 0.3) is 0 Å². The second kappa shape index (κ2) is 7.69. The fraction of sp³-hybridized carbons (Fsp3) is 0.421. The maximum atomic E-state index is 9.65. The summed E-state index contributed by atoms with van der Waals surface area (Å²) in [6.07, 6.45) is 2.30. The lowest BCUT2D eigenvalue weighted by molar-refractivity contribution is 0.145. The second-order valence-corrected chi connectivity index (χ2v) is 7.22. The molecule has 1 aliphatic heterocycles. The Morgan fingerprint density at radius 3 is 2.83 bits per heavy atom. The summed E-state index contributed by atoms with van der Waals surface area (Å²) in [4.78, 5) is 2.20. The highest BCUT2D eigenvalue weighted by atomic mass is 32.1. The van der Waals surface area contributed by atoms with Crippen LogP contribution in [0, 0.1) is 11.3 Å². The van der Waals surface area contributed by atoms with Gasteiger partial charge in [0.05, 0.1) is 17.4 Å². The van der Waals surface area contributed by atoms with E-state index in [4.69, 9.17) is 0 Å². The molecule has 1 saturated heterocycles. The van der Waals surface area contributed by atoms with Crippen molar-refractivity contribution in [1.29, 1.82) is 5.26 Å². The Morgan fingerprint density at radius 1 is 1.38 bits per heavy atom. The van der Waals surface area contributed by atoms with Crippen LogP contribution in [-0.4, -0.2) is 30.3 Å². The number of nitrogens with one attached hydrogen (secondary N) is 1. The molecule has 0 spiro atoms. The number of hydrogen-bond donors (Lipinski definition) is 2. The van der Waals surface area contributed by atoms with Gasteiger partial charge in [-0.15, -0.1) is 0 Å². The zero-order valence-corrected chi connectivity index (χ0v) is 14.7. The Bertz CT molecular complexity index is 700. The molecule has 5 heteroatoms. The summed E-state index contributed by atoms with van der Waals surface area (Å²) in [7, 11) is 0. The maximum Gasteiger partial charge on any atom is 0.101 e. The number of aliphatic hydroxyl groups excluding tert-OH is 1. The van der Waals surface area contributed by atoms with Gasteiger partial charge in [-0.1, -0.05) is 0 Å². The largest absolute Gasteiger partial charge is 0.393 e. The Morgan fingerprint density at radius 2 is 2.17 bits per heavy atom. The highest BCUT2D eigenvalue weighted by Gasteiger charge is 2.19. The van der Waals surface area contributed by atoms with Gasteiger partial charge in [-0.3, -0.25) is 0 Å². The molecule has 4 nitrogen and oxygen atoms in total. The third kappa shape index (κ3) is 4.08. The van der Waals surface area contributed by atoms with E-state index in [0.717, 1.165) is 43.7 Å². The van der Waals surface area contributed by atoms with Crippen LogP contribution in [0.4, 0.5) is 11.4 Å². The summed E-state index contributed by atoms with van der Waals surface area (Å²) < 4.78 is 0. The molecule has 0 aliphatic carbocycles. The minimum absolute atomic E-state index is 0.203. The maximum absolute atomic E-state index is 9.65. The van der Waals surface area contributed by atoms with E-state index in [1.165, 1.54) is 5.56 Å². The SMILES string of the molecule is CC(Cc1ccsc1)Nc1ccc(N2CCC(O)CC2)c(C#N)c1. The van der Waals surface area contributed by atoms with Crippen LogP contribution >= 0.6 is 11.3 Å². The molecule has 0 amide bonds. The van der Waals surface area contributed by atoms with E-state index in [0.29, 0.717) is 11.6 Å². The molecule has 1 aromatic heterocycles. The number of hydrogen-bond acceptors (Lipinski definition) is 5. The van der Waals surface area contributed by atoms with Gasteiger partial charge in [0.15, 0.2) is 0 Å². The van der Waals surface area contributed by atoms with Crippen molar-refractivity contribution >= 4 is 22.7 Å². The molecule has 24 heavy (non-hydrogen) atoms. The van der Waals surface area contributed by atoms with E-state index in [9.17, 15) is 10.4 Å². The van der Waals surface area contributed by atoms with E-state index in [1.807, 2.05) is 18.2 Å². The number of rotatable bonds is 5. The zero-order valence-electron chi connectivity index (χ0n) is 13.9. The topological polar surface area (TPSA) is 59.3 Å². The van der Waals surface area contributed by atoms with Crippen LogP contribution < -0.4 is 10.2 Å². The molecule has 1 unspecified atom stereocenters. The van der Waals surface area contributed by atoms with Crippen molar-refractivity contribution in [1.82, 2.24) is 0 Å². The number of benzene rings is 1. The Balaban J connectivity index is 1.68. The molecule has 2 heterocycles. The molecule has 3 rings (SSSR count). The Kier molecular flexibility index (Phi) is 5.39. The molecule has 2 aromatic rings. The summed E-state index contributed by atoms with van der Waals surface area (Å²) in [6.45, 7) is 3.76. The molecular weight excluding hydrogens is 318 g/mol. The van der Waals surface area contributed by atoms with Crippen LogP contribution in [0.2, 0.25) is 0 Å². The predicted octanol–water partition coefficient (Wildman–Crippen LogP) is 3.62. The molecule has 126 valence electrons. The lowest BCUT2D eigenvalue weighted by Gasteiger charge is -2.32. The van der Waals surface area contributed by atoms with Gasteiger partial charge in [-0.2, -0.15) is 16.6 Å². The molecule has 1 aliphatic rings. The van der Waals surface area contributed by atoms with E-state index in [2.05, 4.69) is 40.0 Å². The van der Waals surface area contributed by atoms with E-state index >= 15 is 0 Å². The fourth-order valence-corrected chi connectivity index (χ4v) is 3.88. The van der Waals surface area contributed by atoms with Crippen molar-refractivity contribution in [2.45, 2.75) is 38.3 Å². The Labute approximate surface area is 147 Å². The molecule has 1 fully saturated rings. The minimum atomic E-state index is -0.203. The van der Waals surface area contributed by atoms with Crippen LogP contribution in [0.1, 0.15) is 30.9 Å². The summed E-state index contributed by atoms with van der Waals surface area (Å²) in [5.74, 6) is 0. The van der Waals surface area contributed by atoms with E-state index in [1.54, 1.807) is 11.3 Å². The molecule has 0 radical (unpaired) electrons. The van der Waals surface area contributed by atoms with Gasteiger partial charge in [-0.25, -0.2) is 0 Å². The van der Waals surface area contributed by atoms with Crippen molar-refractivity contribution in [3.05, 3.63) is 46.2 Å². The molecular formula is C19H23N3OS. The lowest BCUT2D eigenvalue weighted by atomic mass is 10.0. The van der Waals surface area contributed by atoms with Crippen molar-refractivity contribution in [3.63, 3.8) is 0 Å². The lowest BCUT2D eigenvalue weighted by Crippen LogP contribution is -2.36. The number of thiophene rings is 1. The van der Waals surface area contributed by atoms with Crippen molar-refractivity contribution in [2.24, 2.45) is 0 Å².